The number of anilines is 1. The van der Waals surface area contributed by atoms with Gasteiger partial charge in [0.1, 0.15) is 6.54 Å². The Kier molecular flexibility index (Phi) is 6.80. The molecule has 0 aliphatic carbocycles. The molecule has 0 saturated carbocycles. The second-order valence-corrected chi connectivity index (χ2v) is 6.46. The fourth-order valence-corrected chi connectivity index (χ4v) is 2.77. The second kappa shape index (κ2) is 9.70. The maximum Gasteiger partial charge on any atom is 0.271 e. The summed E-state index contributed by atoms with van der Waals surface area (Å²) in [5, 5.41) is 9.82. The van der Waals surface area contributed by atoms with E-state index in [4.69, 9.17) is 16.3 Å². The number of hydrogen-bond acceptors (Lipinski definition) is 5. The minimum atomic E-state index is -0.412. The van der Waals surface area contributed by atoms with Crippen molar-refractivity contribution in [1.29, 1.82) is 0 Å². The van der Waals surface area contributed by atoms with Crippen LogP contribution in [0.5, 0.6) is 5.88 Å². The molecule has 0 fully saturated rings. The number of carbonyl (C=O) groups excluding carboxylic acids is 2. The predicted octanol–water partition coefficient (Wildman–Crippen LogP) is 2.90. The number of hydrogen-bond donors (Lipinski definition) is 2. The molecule has 3 rings (SSSR count). The van der Waals surface area contributed by atoms with Gasteiger partial charge in [-0.1, -0.05) is 23.7 Å². The molecule has 29 heavy (non-hydrogen) atoms. The molecule has 2 heterocycles. The van der Waals surface area contributed by atoms with E-state index in [0.29, 0.717) is 18.2 Å². The van der Waals surface area contributed by atoms with Crippen LogP contribution in [0.4, 0.5) is 5.69 Å². The van der Waals surface area contributed by atoms with Gasteiger partial charge in [-0.2, -0.15) is 5.10 Å². The van der Waals surface area contributed by atoms with E-state index in [-0.39, 0.29) is 29.7 Å². The van der Waals surface area contributed by atoms with Crippen LogP contribution in [0.15, 0.2) is 54.9 Å². The van der Waals surface area contributed by atoms with Crippen molar-refractivity contribution >= 4 is 29.1 Å². The normalized spacial score (nSPS) is 10.4. The Bertz CT molecular complexity index is 992. The summed E-state index contributed by atoms with van der Waals surface area (Å²) in [4.78, 5) is 28.7. The highest BCUT2D eigenvalue weighted by Gasteiger charge is 2.14. The number of halogens is 1. The molecule has 0 atom stereocenters. The topological polar surface area (TPSA) is 98.1 Å². The monoisotopic (exact) mass is 413 g/mol. The third-order valence-corrected chi connectivity index (χ3v) is 4.16. The summed E-state index contributed by atoms with van der Waals surface area (Å²) in [5.74, 6) is -0.271. The number of nitrogens with one attached hydrogen (secondary N) is 2. The van der Waals surface area contributed by atoms with Gasteiger partial charge in [-0.25, -0.2) is 4.98 Å². The Hall–Kier alpha value is -3.39. The molecule has 150 valence electrons. The molecule has 1 aromatic carbocycles. The molecule has 0 radical (unpaired) electrons. The van der Waals surface area contributed by atoms with Gasteiger partial charge in [0.15, 0.2) is 5.69 Å². The summed E-state index contributed by atoms with van der Waals surface area (Å²) in [6.45, 7) is 2.64. The van der Waals surface area contributed by atoms with Crippen molar-refractivity contribution in [3.8, 4) is 5.88 Å². The lowest BCUT2D eigenvalue weighted by molar-refractivity contribution is -0.116. The lowest BCUT2D eigenvalue weighted by Gasteiger charge is -2.10. The Balaban J connectivity index is 1.59. The van der Waals surface area contributed by atoms with Crippen LogP contribution in [0.2, 0.25) is 5.02 Å². The molecule has 3 aromatic rings. The number of rotatable bonds is 8. The van der Waals surface area contributed by atoms with Crippen molar-refractivity contribution in [3.63, 3.8) is 0 Å². The number of ether oxygens (including phenoxy) is 1. The number of nitrogens with zero attached hydrogens (tertiary/aromatic N) is 3. The largest absolute Gasteiger partial charge is 0.478 e. The summed E-state index contributed by atoms with van der Waals surface area (Å²) in [6.07, 6.45) is 3.33. The minimum Gasteiger partial charge on any atom is -0.478 e. The van der Waals surface area contributed by atoms with E-state index in [9.17, 15) is 9.59 Å². The molecule has 0 bridgehead atoms. The third-order valence-electron chi connectivity index (χ3n) is 3.86. The fourth-order valence-electron chi connectivity index (χ4n) is 2.58. The fraction of sp³-hybridized carbons (Fsp3) is 0.200. The molecular formula is C20H20ClN5O3. The molecule has 0 unspecified atom stereocenters. The SMILES string of the molecule is CCOc1ccc(Cl)c(C(=O)NCc2cccc(NC(=O)Cn3cccn3)c2)n1. The first-order chi connectivity index (χ1) is 14.0. The first-order valence-corrected chi connectivity index (χ1v) is 9.36. The second-order valence-electron chi connectivity index (χ2n) is 6.05. The van der Waals surface area contributed by atoms with Crippen molar-refractivity contribution < 1.29 is 14.3 Å². The van der Waals surface area contributed by atoms with Crippen LogP contribution in [0.1, 0.15) is 23.0 Å². The van der Waals surface area contributed by atoms with Crippen molar-refractivity contribution in [3.05, 3.63) is 71.1 Å². The number of carbonyl (C=O) groups is 2. The third kappa shape index (κ3) is 5.79. The molecule has 0 saturated heterocycles. The average molecular weight is 414 g/mol. The Labute approximate surface area is 172 Å². The Morgan fingerprint density at radius 2 is 2.07 bits per heavy atom. The summed E-state index contributed by atoms with van der Waals surface area (Å²) in [7, 11) is 0. The molecule has 2 N–H and O–H groups in total. The zero-order chi connectivity index (χ0) is 20.6. The highest BCUT2D eigenvalue weighted by Crippen LogP contribution is 2.18. The molecule has 2 aromatic heterocycles. The van der Waals surface area contributed by atoms with Crippen molar-refractivity contribution in [2.24, 2.45) is 0 Å². The van der Waals surface area contributed by atoms with Crippen molar-refractivity contribution in [2.75, 3.05) is 11.9 Å². The summed E-state index contributed by atoms with van der Waals surface area (Å²) in [6, 6.07) is 12.1. The molecule has 2 amide bonds. The average Bonchev–Trinajstić information content (AvgIpc) is 3.21. The Morgan fingerprint density at radius 1 is 1.21 bits per heavy atom. The Morgan fingerprint density at radius 3 is 2.83 bits per heavy atom. The molecule has 9 heteroatoms. The van der Waals surface area contributed by atoms with Gasteiger partial charge < -0.3 is 15.4 Å². The van der Waals surface area contributed by atoms with Crippen LogP contribution in [0, 0.1) is 0 Å². The van der Waals surface area contributed by atoms with Gasteiger partial charge >= 0.3 is 0 Å². The minimum absolute atomic E-state index is 0.0984. The lowest BCUT2D eigenvalue weighted by atomic mass is 10.2. The number of benzene rings is 1. The molecule has 8 nitrogen and oxygen atoms in total. The van der Waals surface area contributed by atoms with Gasteiger partial charge in [-0.3, -0.25) is 14.3 Å². The quantitative estimate of drug-likeness (QED) is 0.591. The number of pyridine rings is 1. The van der Waals surface area contributed by atoms with Crippen LogP contribution in [0.25, 0.3) is 0 Å². The van der Waals surface area contributed by atoms with Crippen LogP contribution in [0.3, 0.4) is 0 Å². The van der Waals surface area contributed by atoms with Crippen LogP contribution in [-0.4, -0.2) is 33.2 Å². The van der Waals surface area contributed by atoms with Gasteiger partial charge in [0.05, 0.1) is 11.6 Å². The molecule has 0 aliphatic rings. The maximum atomic E-state index is 12.4. The lowest BCUT2D eigenvalue weighted by Crippen LogP contribution is -2.24. The van der Waals surface area contributed by atoms with Crippen LogP contribution >= 0.6 is 11.6 Å². The van der Waals surface area contributed by atoms with Crippen LogP contribution < -0.4 is 15.4 Å². The molecule has 0 spiro atoms. The van der Waals surface area contributed by atoms with E-state index >= 15 is 0 Å². The van der Waals surface area contributed by atoms with E-state index in [1.54, 1.807) is 48.8 Å². The standard InChI is InChI=1S/C20H20ClN5O3/c1-2-29-18-8-7-16(21)19(25-18)20(28)22-12-14-5-3-6-15(11-14)24-17(27)13-26-10-4-9-23-26/h3-11H,2,12-13H2,1H3,(H,22,28)(H,24,27). The van der Waals surface area contributed by atoms with E-state index in [1.165, 1.54) is 4.68 Å². The van der Waals surface area contributed by atoms with Gasteiger partial charge in [-0.15, -0.1) is 0 Å². The highest BCUT2D eigenvalue weighted by molar-refractivity contribution is 6.33. The van der Waals surface area contributed by atoms with Gasteiger partial charge in [0.25, 0.3) is 5.91 Å². The molecule has 0 aliphatic heterocycles. The first kappa shape index (κ1) is 20.3. The van der Waals surface area contributed by atoms with Gasteiger partial charge in [0, 0.05) is 30.7 Å². The van der Waals surface area contributed by atoms with Crippen LogP contribution in [-0.2, 0) is 17.9 Å². The van der Waals surface area contributed by atoms with Crippen molar-refractivity contribution in [1.82, 2.24) is 20.1 Å². The zero-order valence-corrected chi connectivity index (χ0v) is 16.5. The van der Waals surface area contributed by atoms with E-state index in [1.807, 2.05) is 13.0 Å². The predicted molar refractivity (Wildman–Crippen MR) is 109 cm³/mol. The number of aromatic nitrogens is 3. The van der Waals surface area contributed by atoms with E-state index < -0.39 is 5.91 Å². The van der Waals surface area contributed by atoms with E-state index in [2.05, 4.69) is 20.7 Å². The molecular weight excluding hydrogens is 394 g/mol. The van der Waals surface area contributed by atoms with Crippen molar-refractivity contribution in [2.45, 2.75) is 20.0 Å². The summed E-state index contributed by atoms with van der Waals surface area (Å²) < 4.78 is 6.84. The highest BCUT2D eigenvalue weighted by atomic mass is 35.5. The first-order valence-electron chi connectivity index (χ1n) is 8.99. The maximum absolute atomic E-state index is 12.4. The summed E-state index contributed by atoms with van der Waals surface area (Å²) in [5.41, 5.74) is 1.54. The number of amides is 2. The summed E-state index contributed by atoms with van der Waals surface area (Å²) >= 11 is 6.08. The zero-order valence-electron chi connectivity index (χ0n) is 15.8. The van der Waals surface area contributed by atoms with Gasteiger partial charge in [0.2, 0.25) is 11.8 Å². The smallest absolute Gasteiger partial charge is 0.271 e. The van der Waals surface area contributed by atoms with Gasteiger partial charge in [-0.05, 0) is 36.8 Å². The van der Waals surface area contributed by atoms with E-state index in [0.717, 1.165) is 5.56 Å².